The summed E-state index contributed by atoms with van der Waals surface area (Å²) >= 11 is 0. The highest BCUT2D eigenvalue weighted by atomic mass is 16.5. The normalized spacial score (nSPS) is 10.4. The maximum absolute atomic E-state index is 5.81. The molecule has 0 saturated heterocycles. The molecule has 2 aromatic rings. The zero-order valence-corrected chi connectivity index (χ0v) is 12.8. The van der Waals surface area contributed by atoms with Crippen molar-refractivity contribution in [3.05, 3.63) is 47.7 Å². The predicted octanol–water partition coefficient (Wildman–Crippen LogP) is 3.69. The second-order valence-corrected chi connectivity index (χ2v) is 4.91. The van der Waals surface area contributed by atoms with E-state index in [9.17, 15) is 0 Å². The molecule has 0 unspecified atom stereocenters. The van der Waals surface area contributed by atoms with Crippen LogP contribution in [0.5, 0.6) is 17.4 Å². The molecule has 0 fully saturated rings. The van der Waals surface area contributed by atoms with Crippen LogP contribution in [0.2, 0.25) is 0 Å². The van der Waals surface area contributed by atoms with Crippen molar-refractivity contribution in [2.45, 2.75) is 26.8 Å². The fourth-order valence-corrected chi connectivity index (χ4v) is 2.01. The van der Waals surface area contributed by atoms with Crippen LogP contribution in [0.3, 0.4) is 0 Å². The number of nitrogens with one attached hydrogen (secondary N) is 1. The third-order valence-electron chi connectivity index (χ3n) is 2.89. The van der Waals surface area contributed by atoms with Crippen molar-refractivity contribution in [1.82, 2.24) is 10.3 Å². The Morgan fingerprint density at radius 2 is 1.81 bits per heavy atom. The van der Waals surface area contributed by atoms with Crippen LogP contribution in [0.1, 0.15) is 24.6 Å². The molecule has 4 nitrogen and oxygen atoms in total. The Kier molecular flexibility index (Phi) is 5.58. The van der Waals surface area contributed by atoms with Gasteiger partial charge in [-0.25, -0.2) is 4.98 Å². The molecule has 112 valence electrons. The van der Waals surface area contributed by atoms with Gasteiger partial charge in [-0.3, -0.25) is 0 Å². The highest BCUT2D eigenvalue weighted by Crippen LogP contribution is 2.23. The standard InChI is InChI=1S/C17H22N2O2/c1-4-9-20-15-5-7-16(8-6-15)21-17-11-14(12-18-3)10-13(2)19-17/h5-8,10-11,18H,4,9,12H2,1-3H3. The fourth-order valence-electron chi connectivity index (χ4n) is 2.01. The Morgan fingerprint density at radius 1 is 1.10 bits per heavy atom. The van der Waals surface area contributed by atoms with Crippen molar-refractivity contribution < 1.29 is 9.47 Å². The summed E-state index contributed by atoms with van der Waals surface area (Å²) in [6, 6.07) is 11.6. The van der Waals surface area contributed by atoms with Crippen molar-refractivity contribution in [3.8, 4) is 17.4 Å². The zero-order valence-electron chi connectivity index (χ0n) is 12.8. The maximum atomic E-state index is 5.81. The zero-order chi connectivity index (χ0) is 15.1. The summed E-state index contributed by atoms with van der Waals surface area (Å²) in [6.45, 7) is 5.58. The summed E-state index contributed by atoms with van der Waals surface area (Å²) in [6.07, 6.45) is 1.000. The number of ether oxygens (including phenoxy) is 2. The molecule has 4 heteroatoms. The molecule has 0 aliphatic heterocycles. The molecule has 1 aromatic heterocycles. The van der Waals surface area contributed by atoms with Crippen molar-refractivity contribution in [2.24, 2.45) is 0 Å². The predicted molar refractivity (Wildman–Crippen MR) is 84.0 cm³/mol. The second-order valence-electron chi connectivity index (χ2n) is 4.91. The molecule has 0 atom stereocenters. The van der Waals surface area contributed by atoms with Crippen LogP contribution in [0.15, 0.2) is 36.4 Å². The first-order valence-electron chi connectivity index (χ1n) is 7.24. The number of rotatable bonds is 7. The largest absolute Gasteiger partial charge is 0.494 e. The topological polar surface area (TPSA) is 43.4 Å². The van der Waals surface area contributed by atoms with E-state index in [-0.39, 0.29) is 0 Å². The molecule has 21 heavy (non-hydrogen) atoms. The van der Waals surface area contributed by atoms with Crippen molar-refractivity contribution in [2.75, 3.05) is 13.7 Å². The number of nitrogens with zero attached hydrogens (tertiary/aromatic N) is 1. The molecular weight excluding hydrogens is 264 g/mol. The molecule has 1 heterocycles. The number of pyridine rings is 1. The minimum absolute atomic E-state index is 0.613. The van der Waals surface area contributed by atoms with E-state index >= 15 is 0 Å². The Labute approximate surface area is 126 Å². The number of aryl methyl sites for hydroxylation is 1. The summed E-state index contributed by atoms with van der Waals surface area (Å²) in [4.78, 5) is 4.40. The molecule has 0 aliphatic rings. The summed E-state index contributed by atoms with van der Waals surface area (Å²) < 4.78 is 11.4. The first-order valence-corrected chi connectivity index (χ1v) is 7.24. The van der Waals surface area contributed by atoms with Crippen LogP contribution >= 0.6 is 0 Å². The third-order valence-corrected chi connectivity index (χ3v) is 2.89. The Bertz CT molecular complexity index is 568. The molecule has 0 spiro atoms. The average Bonchev–Trinajstić information content (AvgIpc) is 2.46. The van der Waals surface area contributed by atoms with E-state index in [0.717, 1.165) is 42.3 Å². The van der Waals surface area contributed by atoms with E-state index in [4.69, 9.17) is 9.47 Å². The first kappa shape index (κ1) is 15.3. The molecule has 0 radical (unpaired) electrons. The van der Waals surface area contributed by atoms with Crippen molar-refractivity contribution >= 4 is 0 Å². The fraction of sp³-hybridized carbons (Fsp3) is 0.353. The van der Waals surface area contributed by atoms with Crippen LogP contribution in [-0.2, 0) is 6.54 Å². The maximum Gasteiger partial charge on any atom is 0.219 e. The van der Waals surface area contributed by atoms with E-state index in [0.29, 0.717) is 5.88 Å². The summed E-state index contributed by atoms with van der Waals surface area (Å²) in [7, 11) is 1.92. The van der Waals surface area contributed by atoms with Gasteiger partial charge >= 0.3 is 0 Å². The van der Waals surface area contributed by atoms with Gasteiger partial charge in [0, 0.05) is 18.3 Å². The lowest BCUT2D eigenvalue weighted by Gasteiger charge is -2.09. The van der Waals surface area contributed by atoms with Crippen LogP contribution in [0.25, 0.3) is 0 Å². The van der Waals surface area contributed by atoms with Gasteiger partial charge in [-0.05, 0) is 56.3 Å². The highest BCUT2D eigenvalue weighted by molar-refractivity contribution is 5.34. The van der Waals surface area contributed by atoms with Gasteiger partial charge in [-0.15, -0.1) is 0 Å². The molecular formula is C17H22N2O2. The number of hydrogen-bond acceptors (Lipinski definition) is 4. The average molecular weight is 286 g/mol. The van der Waals surface area contributed by atoms with Crippen LogP contribution in [0, 0.1) is 6.92 Å². The quantitative estimate of drug-likeness (QED) is 0.843. The van der Waals surface area contributed by atoms with E-state index in [1.807, 2.05) is 50.4 Å². The van der Waals surface area contributed by atoms with E-state index in [1.54, 1.807) is 0 Å². The lowest BCUT2D eigenvalue weighted by atomic mass is 10.2. The van der Waals surface area contributed by atoms with Gasteiger partial charge in [-0.1, -0.05) is 6.92 Å². The molecule has 0 bridgehead atoms. The lowest BCUT2D eigenvalue weighted by molar-refractivity contribution is 0.317. The summed E-state index contributed by atoms with van der Waals surface area (Å²) in [5.74, 6) is 2.23. The third kappa shape index (κ3) is 4.76. The number of hydrogen-bond donors (Lipinski definition) is 1. The van der Waals surface area contributed by atoms with Gasteiger partial charge in [0.1, 0.15) is 11.5 Å². The SMILES string of the molecule is CCCOc1ccc(Oc2cc(CNC)cc(C)n2)cc1. The van der Waals surface area contributed by atoms with Crippen LogP contribution < -0.4 is 14.8 Å². The number of aromatic nitrogens is 1. The monoisotopic (exact) mass is 286 g/mol. The van der Waals surface area contributed by atoms with Crippen molar-refractivity contribution in [1.29, 1.82) is 0 Å². The Morgan fingerprint density at radius 3 is 2.48 bits per heavy atom. The molecule has 0 amide bonds. The smallest absolute Gasteiger partial charge is 0.219 e. The summed E-state index contributed by atoms with van der Waals surface area (Å²) in [5, 5.41) is 3.13. The molecule has 1 N–H and O–H groups in total. The van der Waals surface area contributed by atoms with E-state index in [1.165, 1.54) is 0 Å². The van der Waals surface area contributed by atoms with E-state index in [2.05, 4.69) is 17.2 Å². The minimum atomic E-state index is 0.613. The summed E-state index contributed by atoms with van der Waals surface area (Å²) in [5.41, 5.74) is 2.10. The second kappa shape index (κ2) is 7.64. The van der Waals surface area contributed by atoms with E-state index < -0.39 is 0 Å². The molecule has 2 rings (SSSR count). The van der Waals surface area contributed by atoms with Gasteiger partial charge in [0.2, 0.25) is 5.88 Å². The van der Waals surface area contributed by atoms with Gasteiger partial charge in [-0.2, -0.15) is 0 Å². The van der Waals surface area contributed by atoms with Gasteiger partial charge in [0.05, 0.1) is 6.61 Å². The van der Waals surface area contributed by atoms with Gasteiger partial charge in [0.25, 0.3) is 0 Å². The van der Waals surface area contributed by atoms with Gasteiger partial charge < -0.3 is 14.8 Å². The Hall–Kier alpha value is -2.07. The van der Waals surface area contributed by atoms with Gasteiger partial charge in [0.15, 0.2) is 0 Å². The molecule has 0 saturated carbocycles. The van der Waals surface area contributed by atoms with Crippen molar-refractivity contribution in [3.63, 3.8) is 0 Å². The number of benzene rings is 1. The first-order chi connectivity index (χ1) is 10.2. The molecule has 1 aromatic carbocycles. The lowest BCUT2D eigenvalue weighted by Crippen LogP contribution is -2.06. The minimum Gasteiger partial charge on any atom is -0.494 e. The molecule has 0 aliphatic carbocycles. The highest BCUT2D eigenvalue weighted by Gasteiger charge is 2.03. The van der Waals surface area contributed by atoms with Crippen LogP contribution in [0.4, 0.5) is 0 Å². The Balaban J connectivity index is 2.07. The van der Waals surface area contributed by atoms with Crippen LogP contribution in [-0.4, -0.2) is 18.6 Å².